The van der Waals surface area contributed by atoms with Crippen molar-refractivity contribution >= 4 is 29.0 Å². The van der Waals surface area contributed by atoms with Gasteiger partial charge in [-0.05, 0) is 44.2 Å². The number of carbonyl (C=O) groups is 1. The van der Waals surface area contributed by atoms with E-state index in [1.165, 1.54) is 22.9 Å². The molecule has 0 aliphatic heterocycles. The van der Waals surface area contributed by atoms with Crippen LogP contribution in [-0.4, -0.2) is 16.1 Å². The average Bonchev–Trinajstić information content (AvgIpc) is 2.92. The van der Waals surface area contributed by atoms with Crippen molar-refractivity contribution in [2.75, 3.05) is 0 Å². The zero-order chi connectivity index (χ0) is 15.5. The van der Waals surface area contributed by atoms with E-state index >= 15 is 0 Å². The van der Waals surface area contributed by atoms with Crippen LogP contribution in [0.5, 0.6) is 0 Å². The number of benzene rings is 1. The molecule has 0 saturated carbocycles. The zero-order valence-corrected chi connectivity index (χ0v) is 14.5. The minimum atomic E-state index is -0.125. The number of carbonyl (C=O) groups excluding carboxylic acids is 1. The maximum absolute atomic E-state index is 12.5. The van der Waals surface area contributed by atoms with E-state index in [0.29, 0.717) is 0 Å². The fourth-order valence-electron chi connectivity index (χ4n) is 2.78. The first-order valence-electron chi connectivity index (χ1n) is 7.60. The van der Waals surface area contributed by atoms with Crippen LogP contribution >= 0.6 is 23.1 Å². The fraction of sp³-hybridized carbons (Fsp3) is 0.412. The maximum Gasteiger partial charge on any atom is 0.233 e. The second kappa shape index (κ2) is 6.84. The van der Waals surface area contributed by atoms with Gasteiger partial charge in [-0.1, -0.05) is 36.0 Å². The molecule has 0 unspecified atom stereocenters. The Kier molecular flexibility index (Phi) is 4.84. The summed E-state index contributed by atoms with van der Waals surface area (Å²) in [4.78, 5) is 16.9. The molecule has 2 aromatic rings. The van der Waals surface area contributed by atoms with E-state index in [4.69, 9.17) is 0 Å². The molecular weight excluding hydrogens is 312 g/mol. The number of fused-ring (bicyclic) bond motifs is 1. The largest absolute Gasteiger partial charge is 0.348 e. The van der Waals surface area contributed by atoms with Gasteiger partial charge < -0.3 is 5.32 Å². The van der Waals surface area contributed by atoms with E-state index in [0.717, 1.165) is 29.3 Å². The first kappa shape index (κ1) is 15.6. The molecule has 1 amide bonds. The van der Waals surface area contributed by atoms with E-state index in [1.54, 1.807) is 11.3 Å². The van der Waals surface area contributed by atoms with Gasteiger partial charge in [-0.2, -0.15) is 0 Å². The molecule has 3 rings (SSSR count). The molecule has 1 heterocycles. The molecule has 1 aliphatic carbocycles. The highest BCUT2D eigenvalue weighted by Gasteiger charge is 2.24. The molecule has 1 aromatic heterocycles. The summed E-state index contributed by atoms with van der Waals surface area (Å²) in [5, 5.41) is 5.11. The number of thiazole rings is 1. The van der Waals surface area contributed by atoms with E-state index in [-0.39, 0.29) is 17.2 Å². The molecule has 1 aliphatic rings. The lowest BCUT2D eigenvalue weighted by atomic mass is 9.88. The summed E-state index contributed by atoms with van der Waals surface area (Å²) >= 11 is 3.14. The van der Waals surface area contributed by atoms with Gasteiger partial charge in [-0.25, -0.2) is 4.98 Å². The summed E-state index contributed by atoms with van der Waals surface area (Å²) in [6.07, 6.45) is 3.27. The van der Waals surface area contributed by atoms with Crippen molar-refractivity contribution in [3.8, 4) is 0 Å². The van der Waals surface area contributed by atoms with Crippen molar-refractivity contribution in [3.63, 3.8) is 0 Å². The van der Waals surface area contributed by atoms with Crippen molar-refractivity contribution in [3.05, 3.63) is 46.5 Å². The first-order valence-corrected chi connectivity index (χ1v) is 9.36. The molecule has 3 nitrogen and oxygen atoms in total. The molecule has 0 spiro atoms. The third-order valence-electron chi connectivity index (χ3n) is 3.93. The summed E-state index contributed by atoms with van der Waals surface area (Å²) in [7, 11) is 0. The molecule has 1 N–H and O–H groups in total. The van der Waals surface area contributed by atoms with E-state index < -0.39 is 0 Å². The summed E-state index contributed by atoms with van der Waals surface area (Å²) in [5.41, 5.74) is 3.67. The molecular formula is C17H20N2OS2. The second-order valence-corrected chi connectivity index (χ2v) is 8.11. The van der Waals surface area contributed by atoms with Crippen molar-refractivity contribution < 1.29 is 4.79 Å². The Morgan fingerprint density at radius 3 is 3.05 bits per heavy atom. The van der Waals surface area contributed by atoms with Crippen LogP contribution in [0.3, 0.4) is 0 Å². The minimum absolute atomic E-state index is 0.0968. The van der Waals surface area contributed by atoms with Crippen LogP contribution in [0, 0.1) is 6.92 Å². The molecule has 0 fully saturated rings. The molecule has 5 heteroatoms. The number of aryl methyl sites for hydroxylation is 2. The normalized spacial score (nSPS) is 18.5. The van der Waals surface area contributed by atoms with Crippen molar-refractivity contribution in [1.82, 2.24) is 10.3 Å². The zero-order valence-electron chi connectivity index (χ0n) is 12.8. The van der Waals surface area contributed by atoms with Crippen LogP contribution in [-0.2, 0) is 11.2 Å². The van der Waals surface area contributed by atoms with Gasteiger partial charge in [-0.15, -0.1) is 11.3 Å². The molecule has 116 valence electrons. The highest BCUT2D eigenvalue weighted by Crippen LogP contribution is 2.31. The van der Waals surface area contributed by atoms with Gasteiger partial charge in [0.05, 0.1) is 11.3 Å². The van der Waals surface area contributed by atoms with Gasteiger partial charge in [0.1, 0.15) is 0 Å². The topological polar surface area (TPSA) is 42.0 Å². The number of nitrogens with one attached hydrogen (secondary N) is 1. The number of aromatic nitrogens is 1. The summed E-state index contributed by atoms with van der Waals surface area (Å²) in [5.74, 6) is 0.0968. The van der Waals surface area contributed by atoms with E-state index in [9.17, 15) is 4.79 Å². The van der Waals surface area contributed by atoms with Crippen molar-refractivity contribution in [2.24, 2.45) is 0 Å². The fourth-order valence-corrected chi connectivity index (χ4v) is 4.78. The monoisotopic (exact) mass is 332 g/mol. The van der Waals surface area contributed by atoms with Crippen LogP contribution in [0.1, 0.15) is 42.6 Å². The average molecular weight is 332 g/mol. The Bertz CT molecular complexity index is 668. The van der Waals surface area contributed by atoms with E-state index in [2.05, 4.69) is 34.6 Å². The molecule has 0 saturated heterocycles. The number of thioether (sulfide) groups is 1. The summed E-state index contributed by atoms with van der Waals surface area (Å²) in [6.45, 7) is 3.93. The van der Waals surface area contributed by atoms with Gasteiger partial charge in [0.25, 0.3) is 0 Å². The molecule has 2 atom stereocenters. The Balaban J connectivity index is 1.64. The SMILES string of the molecule is Cc1csc(S[C@@H](C)C(=O)N[C@@H]2CCCc3ccccc32)n1. The van der Waals surface area contributed by atoms with Crippen LogP contribution in [0.4, 0.5) is 0 Å². The summed E-state index contributed by atoms with van der Waals surface area (Å²) < 4.78 is 0.962. The molecule has 0 radical (unpaired) electrons. The Morgan fingerprint density at radius 1 is 1.45 bits per heavy atom. The van der Waals surface area contributed by atoms with Gasteiger partial charge in [0.15, 0.2) is 4.34 Å². The highest BCUT2D eigenvalue weighted by atomic mass is 32.2. The Labute approximate surface area is 139 Å². The predicted octanol–water partition coefficient (Wildman–Crippen LogP) is 4.13. The van der Waals surface area contributed by atoms with Gasteiger partial charge in [-0.3, -0.25) is 4.79 Å². The third kappa shape index (κ3) is 3.52. The van der Waals surface area contributed by atoms with Crippen molar-refractivity contribution in [2.45, 2.75) is 48.7 Å². The lowest BCUT2D eigenvalue weighted by molar-refractivity contribution is -0.121. The van der Waals surface area contributed by atoms with Crippen LogP contribution in [0.15, 0.2) is 34.0 Å². The Hall–Kier alpha value is -1.33. The number of hydrogen-bond acceptors (Lipinski definition) is 4. The Morgan fingerprint density at radius 2 is 2.27 bits per heavy atom. The second-order valence-electron chi connectivity index (χ2n) is 5.67. The van der Waals surface area contributed by atoms with Gasteiger partial charge in [0, 0.05) is 11.1 Å². The van der Waals surface area contributed by atoms with E-state index in [1.807, 2.05) is 19.2 Å². The van der Waals surface area contributed by atoms with Crippen LogP contribution in [0.25, 0.3) is 0 Å². The van der Waals surface area contributed by atoms with Gasteiger partial charge >= 0.3 is 0 Å². The van der Waals surface area contributed by atoms with Crippen LogP contribution in [0.2, 0.25) is 0 Å². The lowest BCUT2D eigenvalue weighted by Crippen LogP contribution is -2.35. The standard InChI is InChI=1S/C17H20N2OS2/c1-11-10-21-17(18-11)22-12(2)16(20)19-15-9-5-7-13-6-3-4-8-14(13)15/h3-4,6,8,10,12,15H,5,7,9H2,1-2H3,(H,19,20)/t12-,15+/m0/s1. The predicted molar refractivity (Wildman–Crippen MR) is 92.4 cm³/mol. The van der Waals surface area contributed by atoms with Crippen molar-refractivity contribution in [1.29, 1.82) is 0 Å². The molecule has 22 heavy (non-hydrogen) atoms. The maximum atomic E-state index is 12.5. The molecule has 1 aromatic carbocycles. The summed E-state index contributed by atoms with van der Waals surface area (Å²) in [6, 6.07) is 8.59. The molecule has 0 bridgehead atoms. The highest BCUT2D eigenvalue weighted by molar-refractivity contribution is 8.02. The first-order chi connectivity index (χ1) is 10.6. The smallest absolute Gasteiger partial charge is 0.233 e. The minimum Gasteiger partial charge on any atom is -0.348 e. The number of rotatable bonds is 4. The quantitative estimate of drug-likeness (QED) is 0.856. The number of nitrogens with zero attached hydrogens (tertiary/aromatic N) is 1. The lowest BCUT2D eigenvalue weighted by Gasteiger charge is -2.27. The number of hydrogen-bond donors (Lipinski definition) is 1. The third-order valence-corrected chi connectivity index (χ3v) is 6.12. The number of amides is 1. The van der Waals surface area contributed by atoms with Crippen LogP contribution < -0.4 is 5.32 Å². The van der Waals surface area contributed by atoms with Gasteiger partial charge in [0.2, 0.25) is 5.91 Å².